The third kappa shape index (κ3) is 4.44. The second-order valence-electron chi connectivity index (χ2n) is 11.1. The minimum Gasteiger partial charge on any atom is -0.376 e. The number of carbonyl (C=O) groups is 1. The average Bonchev–Trinajstić information content (AvgIpc) is 3.33. The minimum absolute atomic E-state index is 0.0137. The summed E-state index contributed by atoms with van der Waals surface area (Å²) in [5, 5.41) is 10.1. The Balaban J connectivity index is 1.16. The molecule has 0 unspecified atom stereocenters. The van der Waals surface area contributed by atoms with Gasteiger partial charge in [0, 0.05) is 56.9 Å². The first-order chi connectivity index (χ1) is 18.3. The van der Waals surface area contributed by atoms with Gasteiger partial charge >= 0.3 is 0 Å². The van der Waals surface area contributed by atoms with Gasteiger partial charge in [0.25, 0.3) is 0 Å². The molecule has 1 aromatic carbocycles. The predicted molar refractivity (Wildman–Crippen MR) is 147 cm³/mol. The van der Waals surface area contributed by atoms with Crippen LogP contribution in [-0.2, 0) is 16.6 Å². The Labute approximate surface area is 227 Å². The highest BCUT2D eigenvalue weighted by molar-refractivity contribution is 6.34. The summed E-state index contributed by atoms with van der Waals surface area (Å²) in [4.78, 5) is 22.1. The number of piperazine rings is 1. The fourth-order valence-electron chi connectivity index (χ4n) is 6.31. The van der Waals surface area contributed by atoms with E-state index in [4.69, 9.17) is 16.3 Å². The smallest absolute Gasteiger partial charge is 0.229 e. The Kier molecular flexibility index (Phi) is 6.56. The zero-order chi connectivity index (χ0) is 26.6. The molecule has 2 saturated heterocycles. The molecule has 6 rings (SSSR count). The Bertz CT molecular complexity index is 1360. The van der Waals surface area contributed by atoms with Gasteiger partial charge in [0.2, 0.25) is 5.91 Å². The van der Waals surface area contributed by atoms with Gasteiger partial charge in [-0.3, -0.25) is 14.4 Å². The summed E-state index contributed by atoms with van der Waals surface area (Å²) in [5.41, 5.74) is 1.35. The van der Waals surface area contributed by atoms with E-state index in [1.165, 1.54) is 0 Å². The van der Waals surface area contributed by atoms with E-state index >= 15 is 0 Å². The number of hydrogen-bond donors (Lipinski definition) is 1. The second-order valence-corrected chi connectivity index (χ2v) is 11.5. The molecular formula is C28H34ClFN6O2. The van der Waals surface area contributed by atoms with Crippen molar-refractivity contribution in [3.63, 3.8) is 0 Å². The molecule has 4 heterocycles. The van der Waals surface area contributed by atoms with Crippen LogP contribution in [0.5, 0.6) is 0 Å². The summed E-state index contributed by atoms with van der Waals surface area (Å²) in [6.07, 6.45) is 3.63. The topological polar surface area (TPSA) is 75.5 Å². The molecule has 1 saturated carbocycles. The Morgan fingerprint density at radius 3 is 2.68 bits per heavy atom. The summed E-state index contributed by atoms with van der Waals surface area (Å²) >= 11 is 6.69. The van der Waals surface area contributed by atoms with E-state index in [2.05, 4.69) is 38.2 Å². The first kappa shape index (κ1) is 25.5. The van der Waals surface area contributed by atoms with Gasteiger partial charge in [-0.05, 0) is 42.5 Å². The molecule has 3 aromatic rings. The van der Waals surface area contributed by atoms with Crippen LogP contribution in [0, 0.1) is 11.8 Å². The SMILES string of the molecule is CC[C@H]1[C@@H](C(=O)Nc2cc3cc(N4CCN([C@]5(C)COC[C@@H]5F)CC4)c(Cl)cc3cn2)[C@@H]1c1ccn(C)n1. The maximum atomic E-state index is 14.5. The van der Waals surface area contributed by atoms with Crippen LogP contribution in [0.3, 0.4) is 0 Å². The van der Waals surface area contributed by atoms with Crippen LogP contribution >= 0.6 is 11.6 Å². The van der Waals surface area contributed by atoms with Crippen LogP contribution in [0.25, 0.3) is 10.8 Å². The van der Waals surface area contributed by atoms with Crippen molar-refractivity contribution in [1.29, 1.82) is 0 Å². The molecular weight excluding hydrogens is 507 g/mol. The van der Waals surface area contributed by atoms with Crippen molar-refractivity contribution < 1.29 is 13.9 Å². The first-order valence-corrected chi connectivity index (χ1v) is 13.8. The number of halogens is 2. The normalized spacial score (nSPS) is 29.7. The van der Waals surface area contributed by atoms with Gasteiger partial charge in [-0.2, -0.15) is 5.10 Å². The third-order valence-electron chi connectivity index (χ3n) is 8.73. The van der Waals surface area contributed by atoms with E-state index in [9.17, 15) is 9.18 Å². The lowest BCUT2D eigenvalue weighted by molar-refractivity contribution is -0.117. The molecule has 2 aromatic heterocycles. The number of aryl methyl sites for hydroxylation is 1. The molecule has 5 atom stereocenters. The molecule has 10 heteroatoms. The molecule has 1 aliphatic carbocycles. The van der Waals surface area contributed by atoms with Gasteiger partial charge in [-0.25, -0.2) is 9.37 Å². The molecule has 0 radical (unpaired) electrons. The molecule has 202 valence electrons. The number of hydrogen-bond acceptors (Lipinski definition) is 6. The van der Waals surface area contributed by atoms with Crippen LogP contribution in [-0.4, -0.2) is 76.7 Å². The standard InChI is InChI=1S/C28H34ClFN6O2/c1-4-19-25(21-5-6-34(3)33-21)26(19)27(37)32-24-13-17-12-22(20(29)11-18(17)14-31-24)35-7-9-36(10-8-35)28(2)16-38-15-23(28)30/h5-6,11-14,19,23,25-26H,4,7-10,15-16H2,1-3H3,(H,31,32,37)/t19-,23+,25+,26-,28-/m1/s1. The summed E-state index contributed by atoms with van der Waals surface area (Å²) in [7, 11) is 1.89. The number of carbonyl (C=O) groups excluding carboxylic acids is 1. The van der Waals surface area contributed by atoms with Gasteiger partial charge in [-0.15, -0.1) is 0 Å². The van der Waals surface area contributed by atoms with Gasteiger partial charge < -0.3 is 15.0 Å². The molecule has 1 amide bonds. The van der Waals surface area contributed by atoms with E-state index in [0.717, 1.165) is 54.8 Å². The maximum Gasteiger partial charge on any atom is 0.229 e. The molecule has 2 aliphatic heterocycles. The highest BCUT2D eigenvalue weighted by Gasteiger charge is 2.55. The lowest BCUT2D eigenvalue weighted by Crippen LogP contribution is -2.59. The minimum atomic E-state index is -0.970. The van der Waals surface area contributed by atoms with Gasteiger partial charge in [0.05, 0.1) is 41.1 Å². The highest BCUT2D eigenvalue weighted by Crippen LogP contribution is 2.55. The Hall–Kier alpha value is -2.75. The third-order valence-corrected chi connectivity index (χ3v) is 9.04. The monoisotopic (exact) mass is 540 g/mol. The van der Waals surface area contributed by atoms with Crippen molar-refractivity contribution in [2.75, 3.05) is 49.6 Å². The number of benzene rings is 1. The summed E-state index contributed by atoms with van der Waals surface area (Å²) in [6, 6.07) is 7.89. The fourth-order valence-corrected chi connectivity index (χ4v) is 6.61. The van der Waals surface area contributed by atoms with Gasteiger partial charge in [0.1, 0.15) is 12.0 Å². The number of anilines is 2. The van der Waals surface area contributed by atoms with Gasteiger partial charge in [-0.1, -0.05) is 24.9 Å². The quantitative estimate of drug-likeness (QED) is 0.504. The number of fused-ring (bicyclic) bond motifs is 1. The van der Waals surface area contributed by atoms with Crippen molar-refractivity contribution in [1.82, 2.24) is 19.7 Å². The zero-order valence-corrected chi connectivity index (χ0v) is 22.8. The van der Waals surface area contributed by atoms with E-state index < -0.39 is 11.7 Å². The van der Waals surface area contributed by atoms with Crippen molar-refractivity contribution >= 4 is 39.8 Å². The highest BCUT2D eigenvalue weighted by atomic mass is 35.5. The van der Waals surface area contributed by atoms with Crippen molar-refractivity contribution in [3.05, 3.63) is 47.4 Å². The lowest BCUT2D eigenvalue weighted by atomic mass is 9.96. The number of amides is 1. The van der Waals surface area contributed by atoms with Crippen LogP contribution in [0.4, 0.5) is 15.9 Å². The van der Waals surface area contributed by atoms with E-state index in [1.54, 1.807) is 10.9 Å². The van der Waals surface area contributed by atoms with Crippen molar-refractivity contribution in [2.45, 2.75) is 37.9 Å². The van der Waals surface area contributed by atoms with Crippen LogP contribution in [0.2, 0.25) is 5.02 Å². The molecule has 0 bridgehead atoms. The summed E-state index contributed by atoms with van der Waals surface area (Å²) in [6.45, 7) is 7.64. The second kappa shape index (κ2) is 9.77. The average molecular weight is 541 g/mol. The molecule has 1 N–H and O–H groups in total. The number of rotatable bonds is 6. The Morgan fingerprint density at radius 1 is 1.24 bits per heavy atom. The number of alkyl halides is 1. The number of ether oxygens (including phenoxy) is 1. The largest absolute Gasteiger partial charge is 0.376 e. The number of nitrogens with zero attached hydrogens (tertiary/aromatic N) is 5. The Morgan fingerprint density at radius 2 is 2.03 bits per heavy atom. The number of nitrogens with one attached hydrogen (secondary N) is 1. The summed E-state index contributed by atoms with van der Waals surface area (Å²) < 4.78 is 21.7. The number of aromatic nitrogens is 3. The van der Waals surface area contributed by atoms with E-state index in [0.29, 0.717) is 23.4 Å². The zero-order valence-electron chi connectivity index (χ0n) is 22.0. The molecule has 8 nitrogen and oxygen atoms in total. The fraction of sp³-hybridized carbons (Fsp3) is 0.536. The molecule has 38 heavy (non-hydrogen) atoms. The lowest BCUT2D eigenvalue weighted by Gasteiger charge is -2.44. The number of pyridine rings is 1. The maximum absolute atomic E-state index is 14.5. The van der Waals surface area contributed by atoms with Crippen molar-refractivity contribution in [3.8, 4) is 0 Å². The first-order valence-electron chi connectivity index (χ1n) is 13.4. The predicted octanol–water partition coefficient (Wildman–Crippen LogP) is 4.25. The summed E-state index contributed by atoms with van der Waals surface area (Å²) in [5.74, 6) is 0.864. The van der Waals surface area contributed by atoms with E-state index in [1.807, 2.05) is 38.4 Å². The van der Waals surface area contributed by atoms with Crippen LogP contribution in [0.15, 0.2) is 36.7 Å². The van der Waals surface area contributed by atoms with Crippen molar-refractivity contribution in [2.24, 2.45) is 18.9 Å². The molecule has 3 aliphatic rings. The van der Waals surface area contributed by atoms with Crippen LogP contribution < -0.4 is 10.2 Å². The van der Waals surface area contributed by atoms with Gasteiger partial charge in [0.15, 0.2) is 0 Å². The van der Waals surface area contributed by atoms with E-state index in [-0.39, 0.29) is 24.3 Å². The molecule has 3 fully saturated rings. The van der Waals surface area contributed by atoms with Crippen LogP contribution in [0.1, 0.15) is 31.9 Å². The molecule has 0 spiro atoms.